The van der Waals surface area contributed by atoms with Crippen LogP contribution in [0.15, 0.2) is 162 Å². The summed E-state index contributed by atoms with van der Waals surface area (Å²) in [7, 11) is 0. The number of benzene rings is 4. The molecule has 318 valence electrons. The molecule has 9 heteroatoms. The van der Waals surface area contributed by atoms with Gasteiger partial charge in [-0.3, -0.25) is 19.2 Å². The van der Waals surface area contributed by atoms with Gasteiger partial charge in [0, 0.05) is 66.4 Å². The highest BCUT2D eigenvalue weighted by Gasteiger charge is 2.63. The lowest BCUT2D eigenvalue weighted by Gasteiger charge is -2.37. The first-order valence-electron chi connectivity index (χ1n) is 21.9. The molecule has 0 aromatic heterocycles. The Hall–Kier alpha value is -6.32. The molecule has 0 spiro atoms. The molecular weight excluding hydrogens is 771 g/mol. The number of unbranched alkanes of at least 4 members (excludes halogenated alkanes) is 1. The van der Waals surface area contributed by atoms with Gasteiger partial charge in [0.05, 0.1) is 0 Å². The van der Waals surface area contributed by atoms with E-state index in [-0.39, 0.29) is 53.0 Å². The van der Waals surface area contributed by atoms with E-state index in [9.17, 15) is 4.79 Å². The molecule has 0 bridgehead atoms. The van der Waals surface area contributed by atoms with E-state index in [1.165, 1.54) is 0 Å². The molecule has 4 aliphatic heterocycles. The summed E-state index contributed by atoms with van der Waals surface area (Å²) in [5.74, 6) is -1.36. The lowest BCUT2D eigenvalue weighted by atomic mass is 9.67. The van der Waals surface area contributed by atoms with E-state index in [2.05, 4.69) is 27.3 Å². The number of rotatable bonds is 16. The smallest absolute Gasteiger partial charge is 0.193 e. The van der Waals surface area contributed by atoms with Crippen LogP contribution in [0, 0.1) is 5.92 Å². The van der Waals surface area contributed by atoms with Gasteiger partial charge in [0.25, 0.3) is 0 Å². The molecule has 4 aliphatic rings. The molecule has 4 aromatic carbocycles. The Labute approximate surface area is 364 Å². The number of carbonyl (C=O) groups excluding carboxylic acids is 4. The Bertz CT molecular complexity index is 2580. The van der Waals surface area contributed by atoms with Crippen LogP contribution >= 0.6 is 0 Å². The highest BCUT2D eigenvalue weighted by Crippen LogP contribution is 2.47. The lowest BCUT2D eigenvalue weighted by Crippen LogP contribution is -2.59. The summed E-state index contributed by atoms with van der Waals surface area (Å²) in [5.41, 5.74) is 5.87. The summed E-state index contributed by atoms with van der Waals surface area (Å²) >= 11 is 0. The number of nitrogens with two attached hydrogens (primary N) is 1. The van der Waals surface area contributed by atoms with Crippen LogP contribution in [0.5, 0.6) is 0 Å². The number of ketones is 4. The summed E-state index contributed by atoms with van der Waals surface area (Å²) in [5, 5.41) is 15.8. The highest BCUT2D eigenvalue weighted by atomic mass is 16.2. The number of hydrogen-bond donors (Lipinski definition) is 5. The molecule has 4 aromatic rings. The van der Waals surface area contributed by atoms with E-state index in [0.717, 1.165) is 33.0 Å². The molecule has 9 nitrogen and oxygen atoms in total. The van der Waals surface area contributed by atoms with Crippen LogP contribution in [0.2, 0.25) is 0 Å². The first-order valence-corrected chi connectivity index (χ1v) is 21.9. The largest absolute Gasteiger partial charge is 0.378 e. The molecule has 0 fully saturated rings. The zero-order valence-corrected chi connectivity index (χ0v) is 36.1. The quantitative estimate of drug-likeness (QED) is 0.0587. The Morgan fingerprint density at radius 1 is 0.613 bits per heavy atom. The Balaban J connectivity index is 1.20. The van der Waals surface area contributed by atoms with Crippen molar-refractivity contribution in [3.63, 3.8) is 0 Å². The summed E-state index contributed by atoms with van der Waals surface area (Å²) in [6.45, 7) is 8.31. The zero-order chi connectivity index (χ0) is 43.7. The van der Waals surface area contributed by atoms with Gasteiger partial charge < -0.3 is 27.0 Å². The average Bonchev–Trinajstić information content (AvgIpc) is 3.99. The fourth-order valence-electron chi connectivity index (χ4n) is 10.0. The Morgan fingerprint density at radius 3 is 1.94 bits per heavy atom. The van der Waals surface area contributed by atoms with Gasteiger partial charge in [0.15, 0.2) is 23.1 Å². The van der Waals surface area contributed by atoms with Gasteiger partial charge in [-0.1, -0.05) is 129 Å². The Kier molecular flexibility index (Phi) is 11.5. The average molecular weight is 828 g/mol. The fourth-order valence-corrected chi connectivity index (χ4v) is 10.0. The van der Waals surface area contributed by atoms with Gasteiger partial charge >= 0.3 is 0 Å². The van der Waals surface area contributed by atoms with Gasteiger partial charge in [0.1, 0.15) is 22.2 Å². The van der Waals surface area contributed by atoms with Crippen LogP contribution in [0.3, 0.4) is 0 Å². The minimum absolute atomic E-state index is 0.145. The van der Waals surface area contributed by atoms with Crippen molar-refractivity contribution in [2.24, 2.45) is 11.7 Å². The van der Waals surface area contributed by atoms with Crippen molar-refractivity contribution in [3.05, 3.63) is 179 Å². The molecule has 0 aliphatic carbocycles. The van der Waals surface area contributed by atoms with Gasteiger partial charge in [0.2, 0.25) is 0 Å². The minimum Gasteiger partial charge on any atom is -0.378 e. The molecule has 0 unspecified atom stereocenters. The monoisotopic (exact) mass is 827 g/mol. The predicted molar refractivity (Wildman–Crippen MR) is 246 cm³/mol. The second kappa shape index (κ2) is 16.9. The lowest BCUT2D eigenvalue weighted by molar-refractivity contribution is -0.127. The van der Waals surface area contributed by atoms with Gasteiger partial charge in [-0.05, 0) is 79.5 Å². The molecule has 8 rings (SSSR count). The highest BCUT2D eigenvalue weighted by molar-refractivity contribution is 6.25. The topological polar surface area (TPSA) is 142 Å². The molecule has 0 radical (unpaired) electrons. The maximum Gasteiger partial charge on any atom is 0.193 e. The molecule has 0 saturated heterocycles. The van der Waals surface area contributed by atoms with E-state index < -0.39 is 22.2 Å². The van der Waals surface area contributed by atoms with E-state index in [4.69, 9.17) is 5.73 Å². The van der Waals surface area contributed by atoms with E-state index in [1.807, 2.05) is 131 Å². The zero-order valence-electron chi connectivity index (χ0n) is 36.1. The number of fused-ring (bicyclic) bond motifs is 1. The fraction of sp³-hybridized carbons (Fsp3) is 0.321. The first kappa shape index (κ1) is 42.4. The normalized spacial score (nSPS) is 25.5. The molecule has 6 N–H and O–H groups in total. The molecule has 0 amide bonds. The predicted octanol–water partition coefficient (Wildman–Crippen LogP) is 7.19. The van der Waals surface area contributed by atoms with Crippen LogP contribution in [-0.2, 0) is 38.4 Å². The number of allylic oxidation sites excluding steroid dienone is 1. The van der Waals surface area contributed by atoms with Gasteiger partial charge in [-0.25, -0.2) is 0 Å². The maximum atomic E-state index is 16.0. The van der Waals surface area contributed by atoms with Crippen molar-refractivity contribution in [1.29, 1.82) is 0 Å². The van der Waals surface area contributed by atoms with Crippen molar-refractivity contribution in [3.8, 4) is 0 Å². The van der Waals surface area contributed by atoms with Crippen molar-refractivity contribution in [2.45, 2.75) is 94.8 Å². The minimum atomic E-state index is -1.57. The first-order chi connectivity index (χ1) is 29.9. The molecule has 62 heavy (non-hydrogen) atoms. The van der Waals surface area contributed by atoms with E-state index in [1.54, 1.807) is 24.8 Å². The van der Waals surface area contributed by atoms with Crippen molar-refractivity contribution >= 4 is 33.9 Å². The van der Waals surface area contributed by atoms with Gasteiger partial charge in [-0.15, -0.1) is 0 Å². The van der Waals surface area contributed by atoms with Crippen LogP contribution in [0.4, 0.5) is 0 Å². The Morgan fingerprint density at radius 2 is 1.23 bits per heavy atom. The molecule has 4 heterocycles. The third-order valence-electron chi connectivity index (χ3n) is 13.5. The van der Waals surface area contributed by atoms with Crippen LogP contribution in [-0.4, -0.2) is 51.8 Å². The van der Waals surface area contributed by atoms with Crippen molar-refractivity contribution < 1.29 is 19.2 Å². The van der Waals surface area contributed by atoms with Crippen molar-refractivity contribution in [2.75, 3.05) is 6.54 Å². The second-order valence-electron chi connectivity index (χ2n) is 18.0. The molecular formula is C53H57N5O4. The maximum absolute atomic E-state index is 16.0. The number of nitrogens with one attached hydrogen (secondary N) is 4. The number of hydrogen-bond acceptors (Lipinski definition) is 9. The number of carbonyl (C=O) groups is 4. The third-order valence-corrected chi connectivity index (χ3v) is 13.5. The van der Waals surface area contributed by atoms with Crippen LogP contribution in [0.1, 0.15) is 70.1 Å². The standard InChI is InChI=1S/C53H57N5O4/c1-35(2)24-26-50(29-38-18-9-6-10-19-38)47(60)43(32-55-50)52(30-40-22-15-21-39-20-11-12-23-42(39)40)48(61)44(33-57-52)51(25-13-14-27-54)49(62)45(34-56-51)53(36(3)4)46(59)41(31-58-53)28-37-16-7-5-8-17-37/h5-12,15-24,31-34,36,55-58H,13-14,25-30,54H2,1-4H3/t50-,51+,52-,53-/m1/s1. The second-order valence-corrected chi connectivity index (χ2v) is 18.0. The third kappa shape index (κ3) is 7.12. The SMILES string of the molecule is CC(C)=CC[C@]1(Cc2ccccc2)NC=C([C@@]2(Cc3cccc4ccccc34)NC=C([C@]3(CCCCN)NC=C([C@@]4(C(C)C)NC=C(Cc5ccccc5)C4=O)C3=O)C2=O)C1=O. The van der Waals surface area contributed by atoms with Crippen LogP contribution in [0.25, 0.3) is 10.8 Å². The summed E-state index contributed by atoms with van der Waals surface area (Å²) in [4.78, 5) is 61.6. The molecule has 0 saturated carbocycles. The van der Waals surface area contributed by atoms with Crippen molar-refractivity contribution in [1.82, 2.24) is 21.3 Å². The summed E-state index contributed by atoms with van der Waals surface area (Å²) in [6.07, 6.45) is 11.7. The van der Waals surface area contributed by atoms with E-state index in [0.29, 0.717) is 49.8 Å². The molecule has 4 atom stereocenters. The van der Waals surface area contributed by atoms with Crippen LogP contribution < -0.4 is 27.0 Å². The summed E-state index contributed by atoms with van der Waals surface area (Å²) < 4.78 is 0. The number of Topliss-reactive ketones (excluding diaryl/α,β-unsaturated/α-hetero) is 4. The van der Waals surface area contributed by atoms with E-state index >= 15 is 14.4 Å². The summed E-state index contributed by atoms with van der Waals surface area (Å²) in [6, 6.07) is 33.8. The van der Waals surface area contributed by atoms with Gasteiger partial charge in [-0.2, -0.15) is 0 Å².